The quantitative estimate of drug-likeness (QED) is 0.192. The number of nitrogens with one attached hydrogen (secondary N) is 1. The molecule has 2 heterocycles. The van der Waals surface area contributed by atoms with E-state index >= 15 is 0 Å². The highest BCUT2D eigenvalue weighted by Crippen LogP contribution is 2.26. The Balaban J connectivity index is 1.34. The second-order valence-electron chi connectivity index (χ2n) is 7.28. The minimum Gasteiger partial charge on any atom is -0.486 e. The normalized spacial score (nSPS) is 10.8. The number of aromatic nitrogens is 4. The van der Waals surface area contributed by atoms with Gasteiger partial charge in [-0.05, 0) is 31.2 Å². The van der Waals surface area contributed by atoms with Crippen LogP contribution in [0.5, 0.6) is 5.75 Å². The number of halogens is 1. The summed E-state index contributed by atoms with van der Waals surface area (Å²) in [6.07, 6.45) is 1.76. The SMILES string of the molecule is C=CCn1c(COc2ccc(Br)cc2)nnc1SCC(=O)Nc1nc(-c2ccc(C)cc2)cs1. The first kappa shape index (κ1) is 24.2. The van der Waals surface area contributed by atoms with E-state index in [9.17, 15) is 4.79 Å². The summed E-state index contributed by atoms with van der Waals surface area (Å²) in [5, 5.41) is 14.5. The highest BCUT2D eigenvalue weighted by Gasteiger charge is 2.15. The Morgan fingerprint density at radius 2 is 1.97 bits per heavy atom. The average Bonchev–Trinajstić information content (AvgIpc) is 3.45. The van der Waals surface area contributed by atoms with Gasteiger partial charge < -0.3 is 10.1 Å². The lowest BCUT2D eigenvalue weighted by molar-refractivity contribution is -0.113. The molecule has 0 saturated carbocycles. The number of carbonyl (C=O) groups is 1. The number of rotatable bonds is 10. The first-order valence-corrected chi connectivity index (χ1v) is 13.0. The number of benzene rings is 2. The van der Waals surface area contributed by atoms with Crippen LogP contribution in [-0.2, 0) is 17.9 Å². The molecule has 4 aromatic rings. The Morgan fingerprint density at radius 3 is 2.71 bits per heavy atom. The standard InChI is InChI=1S/C24H22BrN5O2S2/c1-3-12-30-21(13-32-19-10-8-18(25)9-11-19)28-29-24(30)34-15-22(31)27-23-26-20(14-33-23)17-6-4-16(2)5-7-17/h3-11,14H,1,12-13,15H2,2H3,(H,26,27,31). The van der Waals surface area contributed by atoms with E-state index in [1.165, 1.54) is 28.7 Å². The molecule has 1 N–H and O–H groups in total. The van der Waals surface area contributed by atoms with Crippen LogP contribution in [0.15, 0.2) is 76.2 Å². The molecule has 0 fully saturated rings. The van der Waals surface area contributed by atoms with Gasteiger partial charge in [-0.2, -0.15) is 0 Å². The molecule has 0 atom stereocenters. The van der Waals surface area contributed by atoms with Gasteiger partial charge in [-0.15, -0.1) is 28.1 Å². The monoisotopic (exact) mass is 555 g/mol. The molecule has 0 aliphatic rings. The number of anilines is 1. The Labute approximate surface area is 214 Å². The summed E-state index contributed by atoms with van der Waals surface area (Å²) in [5.74, 6) is 1.42. The lowest BCUT2D eigenvalue weighted by Crippen LogP contribution is -2.15. The van der Waals surface area contributed by atoms with Gasteiger partial charge in [-0.3, -0.25) is 9.36 Å². The molecule has 7 nitrogen and oxygen atoms in total. The van der Waals surface area contributed by atoms with Gasteiger partial charge in [-0.25, -0.2) is 4.98 Å². The minimum absolute atomic E-state index is 0.157. The van der Waals surface area contributed by atoms with Crippen LogP contribution < -0.4 is 10.1 Å². The fourth-order valence-corrected chi connectivity index (χ4v) is 4.76. The molecular weight excluding hydrogens is 534 g/mol. The van der Waals surface area contributed by atoms with E-state index in [4.69, 9.17) is 4.74 Å². The predicted molar refractivity (Wildman–Crippen MR) is 140 cm³/mol. The maximum atomic E-state index is 12.5. The molecular formula is C24H22BrN5O2S2. The van der Waals surface area contributed by atoms with Crippen LogP contribution in [0.3, 0.4) is 0 Å². The number of allylic oxidation sites excluding steroid dienone is 1. The Kier molecular flexibility index (Phi) is 8.15. The number of aryl methyl sites for hydroxylation is 1. The van der Waals surface area contributed by atoms with Crippen LogP contribution in [0.2, 0.25) is 0 Å². The van der Waals surface area contributed by atoms with Gasteiger partial charge in [0.25, 0.3) is 0 Å². The fraction of sp³-hybridized carbons (Fsp3) is 0.167. The average molecular weight is 557 g/mol. The van der Waals surface area contributed by atoms with Crippen LogP contribution in [0.1, 0.15) is 11.4 Å². The van der Waals surface area contributed by atoms with Crippen LogP contribution in [0.4, 0.5) is 5.13 Å². The molecule has 4 rings (SSSR count). The number of hydrogen-bond donors (Lipinski definition) is 1. The van der Waals surface area contributed by atoms with Crippen LogP contribution in [0.25, 0.3) is 11.3 Å². The number of hydrogen-bond acceptors (Lipinski definition) is 7. The number of thiazole rings is 1. The second kappa shape index (κ2) is 11.5. The zero-order valence-electron chi connectivity index (χ0n) is 18.4. The largest absolute Gasteiger partial charge is 0.486 e. The molecule has 0 radical (unpaired) electrons. The smallest absolute Gasteiger partial charge is 0.236 e. The van der Waals surface area contributed by atoms with Crippen LogP contribution in [-0.4, -0.2) is 31.4 Å². The van der Waals surface area contributed by atoms with Crippen molar-refractivity contribution in [3.63, 3.8) is 0 Å². The maximum absolute atomic E-state index is 12.5. The van der Waals surface area contributed by atoms with E-state index in [0.29, 0.717) is 22.7 Å². The van der Waals surface area contributed by atoms with Gasteiger partial charge in [-0.1, -0.05) is 63.6 Å². The number of carbonyl (C=O) groups excluding carboxylic acids is 1. The summed E-state index contributed by atoms with van der Waals surface area (Å²) in [7, 11) is 0. The Bertz CT molecular complexity index is 1270. The van der Waals surface area contributed by atoms with Gasteiger partial charge in [0.05, 0.1) is 11.4 Å². The maximum Gasteiger partial charge on any atom is 0.236 e. The third-order valence-electron chi connectivity index (χ3n) is 4.72. The zero-order valence-corrected chi connectivity index (χ0v) is 21.6. The number of thioether (sulfide) groups is 1. The second-order valence-corrected chi connectivity index (χ2v) is 10.00. The molecule has 1 amide bonds. The van der Waals surface area contributed by atoms with Crippen molar-refractivity contribution in [1.29, 1.82) is 0 Å². The van der Waals surface area contributed by atoms with E-state index in [1.54, 1.807) is 6.08 Å². The summed E-state index contributed by atoms with van der Waals surface area (Å²) in [6.45, 7) is 6.63. The van der Waals surface area contributed by atoms with Crippen molar-refractivity contribution in [3.8, 4) is 17.0 Å². The Hall–Kier alpha value is -2.95. The highest BCUT2D eigenvalue weighted by atomic mass is 79.9. The molecule has 174 valence electrons. The molecule has 34 heavy (non-hydrogen) atoms. The lowest BCUT2D eigenvalue weighted by atomic mass is 10.1. The van der Waals surface area contributed by atoms with E-state index in [0.717, 1.165) is 21.5 Å². The molecule has 0 aliphatic heterocycles. The number of nitrogens with zero attached hydrogens (tertiary/aromatic N) is 4. The first-order chi connectivity index (χ1) is 16.5. The highest BCUT2D eigenvalue weighted by molar-refractivity contribution is 9.10. The van der Waals surface area contributed by atoms with Crippen molar-refractivity contribution in [2.75, 3.05) is 11.1 Å². The third-order valence-corrected chi connectivity index (χ3v) is 6.97. The van der Waals surface area contributed by atoms with E-state index in [2.05, 4.69) is 43.0 Å². The van der Waals surface area contributed by atoms with Crippen molar-refractivity contribution in [2.24, 2.45) is 0 Å². The topological polar surface area (TPSA) is 81.9 Å². The molecule has 0 bridgehead atoms. The summed E-state index contributed by atoms with van der Waals surface area (Å²) in [4.78, 5) is 17.0. The molecule has 2 aromatic heterocycles. The third kappa shape index (κ3) is 6.34. The van der Waals surface area contributed by atoms with Gasteiger partial charge >= 0.3 is 0 Å². The Morgan fingerprint density at radius 1 is 1.21 bits per heavy atom. The van der Waals surface area contributed by atoms with E-state index in [1.807, 2.05) is 65.4 Å². The van der Waals surface area contributed by atoms with Crippen molar-refractivity contribution in [2.45, 2.75) is 25.2 Å². The van der Waals surface area contributed by atoms with Gasteiger partial charge in [0.1, 0.15) is 12.4 Å². The predicted octanol–water partition coefficient (Wildman–Crippen LogP) is 5.97. The van der Waals surface area contributed by atoms with Gasteiger partial charge in [0, 0.05) is 22.0 Å². The van der Waals surface area contributed by atoms with Crippen molar-refractivity contribution >= 4 is 50.1 Å². The van der Waals surface area contributed by atoms with E-state index < -0.39 is 0 Å². The summed E-state index contributed by atoms with van der Waals surface area (Å²) >= 11 is 6.12. The van der Waals surface area contributed by atoms with Crippen molar-refractivity contribution in [3.05, 3.63) is 82.4 Å². The fourth-order valence-electron chi connectivity index (χ4n) is 3.00. The minimum atomic E-state index is -0.157. The number of ether oxygens (including phenoxy) is 1. The molecule has 0 aliphatic carbocycles. The van der Waals surface area contributed by atoms with Crippen molar-refractivity contribution < 1.29 is 9.53 Å². The lowest BCUT2D eigenvalue weighted by Gasteiger charge is -2.09. The van der Waals surface area contributed by atoms with Gasteiger partial charge in [0.2, 0.25) is 5.91 Å². The summed E-state index contributed by atoms with van der Waals surface area (Å²) in [6, 6.07) is 15.7. The zero-order chi connectivity index (χ0) is 23.9. The molecule has 10 heteroatoms. The van der Waals surface area contributed by atoms with Crippen molar-refractivity contribution in [1.82, 2.24) is 19.7 Å². The number of amides is 1. The molecule has 2 aromatic carbocycles. The molecule has 0 spiro atoms. The first-order valence-electron chi connectivity index (χ1n) is 10.4. The molecule has 0 saturated heterocycles. The van der Waals surface area contributed by atoms with Crippen LogP contribution in [0, 0.1) is 6.92 Å². The van der Waals surface area contributed by atoms with E-state index in [-0.39, 0.29) is 18.3 Å². The molecule has 0 unspecified atom stereocenters. The summed E-state index contributed by atoms with van der Waals surface area (Å²) < 4.78 is 8.70. The summed E-state index contributed by atoms with van der Waals surface area (Å²) in [5.41, 5.74) is 3.05. The van der Waals surface area contributed by atoms with Crippen LogP contribution >= 0.6 is 39.0 Å². The van der Waals surface area contributed by atoms with Gasteiger partial charge in [0.15, 0.2) is 16.1 Å².